The average Bonchev–Trinajstić information content (AvgIpc) is 2.48. The van der Waals surface area contributed by atoms with Gasteiger partial charge in [-0.15, -0.1) is 0 Å². The third kappa shape index (κ3) is 3.74. The molecule has 2 aromatic rings. The minimum Gasteiger partial charge on any atom is -0.337 e. The average molecular weight is 304 g/mol. The zero-order valence-electron chi connectivity index (χ0n) is 12.1. The Hall–Kier alpha value is -2.04. The number of hydrogen-bond acceptors (Lipinski definition) is 3. The Morgan fingerprint density at radius 1 is 1.24 bits per heavy atom. The summed E-state index contributed by atoms with van der Waals surface area (Å²) in [6.07, 6.45) is 0. The van der Waals surface area contributed by atoms with Crippen LogP contribution in [0.1, 0.15) is 21.5 Å². The SMILES string of the molecule is Cc1ccc(NN)c(C(=O)N(C)Cc2ccc(Cl)cc2)c1. The molecule has 0 aromatic heterocycles. The lowest BCUT2D eigenvalue weighted by atomic mass is 10.1. The number of halogens is 1. The maximum Gasteiger partial charge on any atom is 0.256 e. The third-order valence-electron chi connectivity index (χ3n) is 3.24. The van der Waals surface area contributed by atoms with Gasteiger partial charge in [0.15, 0.2) is 0 Å². The van der Waals surface area contributed by atoms with Crippen LogP contribution in [0.4, 0.5) is 5.69 Å². The summed E-state index contributed by atoms with van der Waals surface area (Å²) >= 11 is 5.86. The highest BCUT2D eigenvalue weighted by atomic mass is 35.5. The molecule has 21 heavy (non-hydrogen) atoms. The van der Waals surface area contributed by atoms with Gasteiger partial charge in [0.1, 0.15) is 0 Å². The van der Waals surface area contributed by atoms with E-state index in [2.05, 4.69) is 5.43 Å². The smallest absolute Gasteiger partial charge is 0.256 e. The van der Waals surface area contributed by atoms with Crippen LogP contribution in [0.15, 0.2) is 42.5 Å². The van der Waals surface area contributed by atoms with Crippen LogP contribution in [0.2, 0.25) is 5.02 Å². The Morgan fingerprint density at radius 3 is 2.52 bits per heavy atom. The summed E-state index contributed by atoms with van der Waals surface area (Å²) in [4.78, 5) is 14.2. The number of hydrogen-bond donors (Lipinski definition) is 2. The number of nitrogen functional groups attached to an aromatic ring is 1. The topological polar surface area (TPSA) is 58.4 Å². The first-order valence-electron chi connectivity index (χ1n) is 6.58. The molecule has 0 fully saturated rings. The molecule has 2 aromatic carbocycles. The van der Waals surface area contributed by atoms with Crippen molar-refractivity contribution in [2.24, 2.45) is 5.84 Å². The van der Waals surface area contributed by atoms with Gasteiger partial charge in [-0.1, -0.05) is 35.4 Å². The number of rotatable bonds is 4. The predicted octanol–water partition coefficient (Wildman–Crippen LogP) is 3.21. The normalized spacial score (nSPS) is 10.3. The van der Waals surface area contributed by atoms with Crippen LogP contribution in [-0.4, -0.2) is 17.9 Å². The molecule has 0 radical (unpaired) electrons. The van der Waals surface area contributed by atoms with Gasteiger partial charge >= 0.3 is 0 Å². The number of carbonyl (C=O) groups excluding carboxylic acids is 1. The molecular formula is C16H18ClN3O. The van der Waals surface area contributed by atoms with E-state index in [9.17, 15) is 4.79 Å². The van der Waals surface area contributed by atoms with E-state index < -0.39 is 0 Å². The molecule has 110 valence electrons. The Labute approximate surface area is 129 Å². The summed E-state index contributed by atoms with van der Waals surface area (Å²) in [5, 5.41) is 0.682. The number of hydrazine groups is 1. The molecule has 0 aliphatic heterocycles. The predicted molar refractivity (Wildman–Crippen MR) is 86.2 cm³/mol. The second-order valence-corrected chi connectivity index (χ2v) is 5.42. The van der Waals surface area contributed by atoms with Crippen molar-refractivity contribution in [2.45, 2.75) is 13.5 Å². The Kier molecular flexibility index (Phi) is 4.83. The van der Waals surface area contributed by atoms with E-state index in [-0.39, 0.29) is 5.91 Å². The number of anilines is 1. The summed E-state index contributed by atoms with van der Waals surface area (Å²) in [5.74, 6) is 5.39. The molecule has 0 aliphatic carbocycles. The molecule has 0 atom stereocenters. The number of nitrogens with zero attached hydrogens (tertiary/aromatic N) is 1. The van der Waals surface area contributed by atoms with Crippen molar-refractivity contribution in [2.75, 3.05) is 12.5 Å². The highest BCUT2D eigenvalue weighted by Gasteiger charge is 2.16. The lowest BCUT2D eigenvalue weighted by molar-refractivity contribution is 0.0786. The van der Waals surface area contributed by atoms with Crippen LogP contribution in [-0.2, 0) is 6.54 Å². The number of nitrogens with one attached hydrogen (secondary N) is 1. The van der Waals surface area contributed by atoms with E-state index in [0.29, 0.717) is 22.8 Å². The standard InChI is InChI=1S/C16H18ClN3O/c1-11-3-8-15(19-18)14(9-11)16(21)20(2)10-12-4-6-13(17)7-5-12/h3-9,19H,10,18H2,1-2H3. The van der Waals surface area contributed by atoms with Crippen molar-refractivity contribution in [3.8, 4) is 0 Å². The molecule has 0 saturated heterocycles. The lowest BCUT2D eigenvalue weighted by Crippen LogP contribution is -2.27. The lowest BCUT2D eigenvalue weighted by Gasteiger charge is -2.19. The maximum absolute atomic E-state index is 12.6. The van der Waals surface area contributed by atoms with E-state index in [1.807, 2.05) is 43.3 Å². The van der Waals surface area contributed by atoms with Gasteiger partial charge in [0.05, 0.1) is 11.3 Å². The van der Waals surface area contributed by atoms with E-state index in [1.54, 1.807) is 18.0 Å². The molecule has 2 rings (SSSR count). The van der Waals surface area contributed by atoms with Crippen molar-refractivity contribution in [3.63, 3.8) is 0 Å². The van der Waals surface area contributed by atoms with Crippen LogP contribution in [0.3, 0.4) is 0 Å². The minimum absolute atomic E-state index is 0.0819. The fourth-order valence-electron chi connectivity index (χ4n) is 2.10. The summed E-state index contributed by atoms with van der Waals surface area (Å²) < 4.78 is 0. The van der Waals surface area contributed by atoms with Crippen LogP contribution in [0, 0.1) is 6.92 Å². The van der Waals surface area contributed by atoms with Gasteiger partial charge in [0.25, 0.3) is 5.91 Å². The molecule has 5 heteroatoms. The zero-order chi connectivity index (χ0) is 15.4. The quantitative estimate of drug-likeness (QED) is 0.673. The van der Waals surface area contributed by atoms with E-state index in [0.717, 1.165) is 11.1 Å². The van der Waals surface area contributed by atoms with Crippen molar-refractivity contribution < 1.29 is 4.79 Å². The molecule has 4 nitrogen and oxygen atoms in total. The Balaban J connectivity index is 2.19. The molecular weight excluding hydrogens is 286 g/mol. The Bertz CT molecular complexity index is 640. The maximum atomic E-state index is 12.6. The van der Waals surface area contributed by atoms with Gasteiger partial charge in [0, 0.05) is 18.6 Å². The van der Waals surface area contributed by atoms with Crippen molar-refractivity contribution in [1.82, 2.24) is 4.90 Å². The molecule has 0 unspecified atom stereocenters. The molecule has 0 spiro atoms. The van der Waals surface area contributed by atoms with Crippen molar-refractivity contribution >= 4 is 23.2 Å². The highest BCUT2D eigenvalue weighted by molar-refractivity contribution is 6.30. The highest BCUT2D eigenvalue weighted by Crippen LogP contribution is 2.19. The molecule has 0 bridgehead atoms. The molecule has 1 amide bonds. The summed E-state index contributed by atoms with van der Waals surface area (Å²) in [6.45, 7) is 2.45. The van der Waals surface area contributed by atoms with E-state index in [1.165, 1.54) is 0 Å². The first-order valence-corrected chi connectivity index (χ1v) is 6.96. The molecule has 0 heterocycles. The fourth-order valence-corrected chi connectivity index (χ4v) is 2.23. The van der Waals surface area contributed by atoms with Crippen molar-refractivity contribution in [3.05, 3.63) is 64.2 Å². The number of nitrogens with two attached hydrogens (primary N) is 1. The third-order valence-corrected chi connectivity index (χ3v) is 3.49. The number of benzene rings is 2. The second-order valence-electron chi connectivity index (χ2n) is 4.98. The summed E-state index contributed by atoms with van der Waals surface area (Å²) in [5.41, 5.74) is 5.78. The monoisotopic (exact) mass is 303 g/mol. The van der Waals surface area contributed by atoms with Crippen LogP contribution >= 0.6 is 11.6 Å². The van der Waals surface area contributed by atoms with Gasteiger partial charge in [-0.05, 0) is 36.8 Å². The van der Waals surface area contributed by atoms with Gasteiger partial charge in [0.2, 0.25) is 0 Å². The van der Waals surface area contributed by atoms with E-state index in [4.69, 9.17) is 17.4 Å². The first kappa shape index (κ1) is 15.4. The van der Waals surface area contributed by atoms with Gasteiger partial charge in [-0.3, -0.25) is 10.6 Å². The number of amides is 1. The zero-order valence-corrected chi connectivity index (χ0v) is 12.8. The first-order chi connectivity index (χ1) is 10.0. The molecule has 3 N–H and O–H groups in total. The van der Waals surface area contributed by atoms with Gasteiger partial charge in [-0.2, -0.15) is 0 Å². The summed E-state index contributed by atoms with van der Waals surface area (Å²) in [7, 11) is 1.76. The van der Waals surface area contributed by atoms with Crippen LogP contribution in [0.5, 0.6) is 0 Å². The van der Waals surface area contributed by atoms with Crippen molar-refractivity contribution in [1.29, 1.82) is 0 Å². The molecule has 0 aliphatic rings. The summed E-state index contributed by atoms with van der Waals surface area (Å²) in [6, 6.07) is 13.0. The fraction of sp³-hybridized carbons (Fsp3) is 0.188. The van der Waals surface area contributed by atoms with Crippen LogP contribution in [0.25, 0.3) is 0 Å². The number of carbonyl (C=O) groups is 1. The Morgan fingerprint density at radius 2 is 1.90 bits per heavy atom. The second kappa shape index (κ2) is 6.61. The number of aryl methyl sites for hydroxylation is 1. The van der Waals surface area contributed by atoms with Gasteiger partial charge in [-0.25, -0.2) is 0 Å². The van der Waals surface area contributed by atoms with Gasteiger partial charge < -0.3 is 10.3 Å². The minimum atomic E-state index is -0.0819. The van der Waals surface area contributed by atoms with Crippen LogP contribution < -0.4 is 11.3 Å². The molecule has 0 saturated carbocycles. The largest absolute Gasteiger partial charge is 0.337 e. The van der Waals surface area contributed by atoms with E-state index >= 15 is 0 Å².